The zero-order valence-electron chi connectivity index (χ0n) is 8.18. The van der Waals surface area contributed by atoms with Crippen molar-refractivity contribution in [3.63, 3.8) is 0 Å². The molecule has 1 aromatic heterocycles. The Kier molecular flexibility index (Phi) is 3.63. The Morgan fingerprint density at radius 3 is 2.94 bits per heavy atom. The van der Waals surface area contributed by atoms with Gasteiger partial charge in [0.15, 0.2) is 0 Å². The molecule has 2 N–H and O–H groups in total. The van der Waals surface area contributed by atoms with Crippen LogP contribution in [0.5, 0.6) is 0 Å². The molecular formula is C9H10ClNO3S2. The van der Waals surface area contributed by atoms with Crippen LogP contribution in [0.25, 0.3) is 0 Å². The number of carboxylic acids is 1. The van der Waals surface area contributed by atoms with Gasteiger partial charge in [0.1, 0.15) is 6.04 Å². The van der Waals surface area contributed by atoms with Crippen molar-refractivity contribution in [2.75, 3.05) is 11.5 Å². The van der Waals surface area contributed by atoms with Crippen molar-refractivity contribution in [3.05, 3.63) is 21.3 Å². The first-order valence-electron chi connectivity index (χ1n) is 4.64. The Balaban J connectivity index is 2.16. The summed E-state index contributed by atoms with van der Waals surface area (Å²) in [6, 6.07) is 0.864. The van der Waals surface area contributed by atoms with Crippen LogP contribution in [0.4, 0.5) is 0 Å². The van der Waals surface area contributed by atoms with E-state index in [0.717, 1.165) is 5.56 Å². The lowest BCUT2D eigenvalue weighted by Gasteiger charge is -2.27. The van der Waals surface area contributed by atoms with Gasteiger partial charge in [0.2, 0.25) is 0 Å². The zero-order valence-corrected chi connectivity index (χ0v) is 10.6. The van der Waals surface area contributed by atoms with Gasteiger partial charge in [-0.2, -0.15) is 0 Å². The normalized spacial score (nSPS) is 30.2. The standard InChI is InChI=1S/C9H10ClNO3S2/c10-8-1-5(2-15-8)6-3-16(14)4-7(11-6)9(12)13/h1-2,6-7,11H,3-4H2,(H,12,13). The fourth-order valence-corrected chi connectivity index (χ4v) is 3.97. The summed E-state index contributed by atoms with van der Waals surface area (Å²) in [7, 11) is -1.09. The Bertz CT molecular complexity index is 434. The van der Waals surface area contributed by atoms with Crippen LogP contribution in [0.15, 0.2) is 11.4 Å². The summed E-state index contributed by atoms with van der Waals surface area (Å²) in [6.45, 7) is 0. The third-order valence-electron chi connectivity index (χ3n) is 2.40. The van der Waals surface area contributed by atoms with Gasteiger partial charge in [0, 0.05) is 28.3 Å². The third kappa shape index (κ3) is 2.63. The maximum Gasteiger partial charge on any atom is 0.321 e. The minimum absolute atomic E-state index is 0.170. The van der Waals surface area contributed by atoms with Crippen molar-refractivity contribution in [3.8, 4) is 0 Å². The molecule has 0 amide bonds. The van der Waals surface area contributed by atoms with Gasteiger partial charge in [-0.25, -0.2) is 0 Å². The average Bonchev–Trinajstić information content (AvgIpc) is 2.64. The molecule has 1 aliphatic rings. The first-order chi connectivity index (χ1) is 7.56. The highest BCUT2D eigenvalue weighted by atomic mass is 35.5. The molecule has 7 heteroatoms. The number of carbonyl (C=O) groups is 1. The largest absolute Gasteiger partial charge is 0.480 e. The van der Waals surface area contributed by atoms with E-state index in [2.05, 4.69) is 5.32 Å². The van der Waals surface area contributed by atoms with Crippen LogP contribution in [-0.2, 0) is 15.6 Å². The van der Waals surface area contributed by atoms with E-state index in [9.17, 15) is 9.00 Å². The summed E-state index contributed by atoms with van der Waals surface area (Å²) in [5.74, 6) is -0.347. The predicted octanol–water partition coefficient (Wildman–Crippen LogP) is 1.25. The molecule has 4 nitrogen and oxygen atoms in total. The predicted molar refractivity (Wildman–Crippen MR) is 64.5 cm³/mol. The van der Waals surface area contributed by atoms with Crippen LogP contribution in [0.1, 0.15) is 11.6 Å². The summed E-state index contributed by atoms with van der Waals surface area (Å²) in [4.78, 5) is 10.9. The van der Waals surface area contributed by atoms with E-state index in [0.29, 0.717) is 10.1 Å². The fraction of sp³-hybridized carbons (Fsp3) is 0.444. The molecule has 1 fully saturated rings. The lowest BCUT2D eigenvalue weighted by atomic mass is 10.1. The molecule has 2 rings (SSSR count). The van der Waals surface area contributed by atoms with Gasteiger partial charge in [0.25, 0.3) is 0 Å². The molecule has 1 saturated heterocycles. The van der Waals surface area contributed by atoms with E-state index in [1.165, 1.54) is 11.3 Å². The summed E-state index contributed by atoms with van der Waals surface area (Å²) in [6.07, 6.45) is 0. The van der Waals surface area contributed by atoms with Crippen molar-refractivity contribution in [2.45, 2.75) is 12.1 Å². The number of hydrogen-bond donors (Lipinski definition) is 2. The molecule has 0 bridgehead atoms. The van der Waals surface area contributed by atoms with Crippen LogP contribution >= 0.6 is 22.9 Å². The maximum atomic E-state index is 11.5. The minimum Gasteiger partial charge on any atom is -0.480 e. The first-order valence-corrected chi connectivity index (χ1v) is 7.38. The van der Waals surface area contributed by atoms with Crippen LogP contribution < -0.4 is 5.32 Å². The van der Waals surface area contributed by atoms with Crippen LogP contribution in [0.3, 0.4) is 0 Å². The Hall–Kier alpha value is -0.430. The monoisotopic (exact) mass is 279 g/mol. The number of hydrogen-bond acceptors (Lipinski definition) is 4. The van der Waals surface area contributed by atoms with E-state index in [1.807, 2.05) is 5.38 Å². The Morgan fingerprint density at radius 1 is 1.62 bits per heavy atom. The second-order valence-electron chi connectivity index (χ2n) is 3.57. The maximum absolute atomic E-state index is 11.5. The van der Waals surface area contributed by atoms with E-state index < -0.39 is 22.8 Å². The van der Waals surface area contributed by atoms with Crippen molar-refractivity contribution >= 4 is 39.7 Å². The van der Waals surface area contributed by atoms with Gasteiger partial charge in [-0.1, -0.05) is 11.6 Å². The third-order valence-corrected chi connectivity index (χ3v) is 4.92. The van der Waals surface area contributed by atoms with E-state index in [1.54, 1.807) is 6.07 Å². The summed E-state index contributed by atoms with van der Waals surface area (Å²) >= 11 is 7.20. The number of nitrogens with one attached hydrogen (secondary N) is 1. The molecule has 3 atom stereocenters. The smallest absolute Gasteiger partial charge is 0.321 e. The molecule has 0 aromatic carbocycles. The summed E-state index contributed by atoms with van der Waals surface area (Å²) in [5.41, 5.74) is 0.911. The molecule has 0 radical (unpaired) electrons. The molecule has 1 aliphatic heterocycles. The van der Waals surface area contributed by atoms with E-state index >= 15 is 0 Å². The highest BCUT2D eigenvalue weighted by Crippen LogP contribution is 2.27. The molecule has 1 aromatic rings. The zero-order chi connectivity index (χ0) is 11.7. The SMILES string of the molecule is O=C(O)C1CS(=O)CC(c2csc(Cl)c2)N1. The molecular weight excluding hydrogens is 270 g/mol. The van der Waals surface area contributed by atoms with Crippen LogP contribution in [0, 0.1) is 0 Å². The average molecular weight is 280 g/mol. The molecule has 0 spiro atoms. The Labute approximate surface area is 104 Å². The summed E-state index contributed by atoms with van der Waals surface area (Å²) in [5, 5.41) is 13.7. The quantitative estimate of drug-likeness (QED) is 0.855. The lowest BCUT2D eigenvalue weighted by molar-refractivity contribution is -0.139. The number of aliphatic carboxylic acids is 1. The number of halogens is 1. The summed E-state index contributed by atoms with van der Waals surface area (Å²) < 4.78 is 12.2. The second-order valence-corrected chi connectivity index (χ2v) is 6.66. The van der Waals surface area contributed by atoms with Crippen molar-refractivity contribution in [1.82, 2.24) is 5.32 Å². The number of rotatable bonds is 2. The van der Waals surface area contributed by atoms with Gasteiger partial charge < -0.3 is 5.11 Å². The number of carboxylic acid groups (broad SMARTS) is 1. The van der Waals surface area contributed by atoms with Crippen molar-refractivity contribution in [1.29, 1.82) is 0 Å². The second kappa shape index (κ2) is 4.83. The molecule has 3 unspecified atom stereocenters. The van der Waals surface area contributed by atoms with Crippen LogP contribution in [0.2, 0.25) is 4.34 Å². The fourth-order valence-electron chi connectivity index (χ4n) is 1.62. The van der Waals surface area contributed by atoms with Gasteiger partial charge in [-0.05, 0) is 17.0 Å². The van der Waals surface area contributed by atoms with Crippen molar-refractivity contribution < 1.29 is 14.1 Å². The first kappa shape index (κ1) is 12.0. The van der Waals surface area contributed by atoms with E-state index in [-0.39, 0.29) is 11.8 Å². The molecule has 88 valence electrons. The highest BCUT2D eigenvalue weighted by Gasteiger charge is 2.31. The molecule has 0 aliphatic carbocycles. The van der Waals surface area contributed by atoms with E-state index in [4.69, 9.17) is 16.7 Å². The minimum atomic E-state index is -1.09. The molecule has 16 heavy (non-hydrogen) atoms. The molecule has 2 heterocycles. The molecule has 0 saturated carbocycles. The van der Waals surface area contributed by atoms with Crippen molar-refractivity contribution in [2.24, 2.45) is 0 Å². The van der Waals surface area contributed by atoms with Gasteiger partial charge in [-0.3, -0.25) is 14.3 Å². The van der Waals surface area contributed by atoms with Gasteiger partial charge in [0.05, 0.1) is 4.34 Å². The highest BCUT2D eigenvalue weighted by molar-refractivity contribution is 7.85. The van der Waals surface area contributed by atoms with Gasteiger partial charge in [-0.15, -0.1) is 11.3 Å². The van der Waals surface area contributed by atoms with Gasteiger partial charge >= 0.3 is 5.97 Å². The number of thiophene rings is 1. The topological polar surface area (TPSA) is 66.4 Å². The van der Waals surface area contributed by atoms with Crippen LogP contribution in [-0.4, -0.2) is 32.8 Å². The lowest BCUT2D eigenvalue weighted by Crippen LogP contribution is -2.49. The Morgan fingerprint density at radius 2 is 2.38 bits per heavy atom.